The van der Waals surface area contributed by atoms with Crippen LogP contribution in [0, 0.1) is 11.6 Å². The molecule has 0 atom stereocenters. The lowest BCUT2D eigenvalue weighted by molar-refractivity contribution is 0.102. The predicted octanol–water partition coefficient (Wildman–Crippen LogP) is 4.14. The summed E-state index contributed by atoms with van der Waals surface area (Å²) in [7, 11) is 0. The molecule has 0 saturated carbocycles. The van der Waals surface area contributed by atoms with Gasteiger partial charge in [-0.15, -0.1) is 0 Å². The molecule has 0 spiro atoms. The van der Waals surface area contributed by atoms with E-state index in [0.29, 0.717) is 5.69 Å². The number of hydrogen-bond acceptors (Lipinski definition) is 6. The maximum atomic E-state index is 14.6. The molecule has 0 radical (unpaired) electrons. The number of aromatic nitrogens is 3. The van der Waals surface area contributed by atoms with E-state index in [0.717, 1.165) is 6.07 Å². The molecule has 11 heteroatoms. The molecule has 8 nitrogen and oxygen atoms in total. The van der Waals surface area contributed by atoms with Gasteiger partial charge in [0.15, 0.2) is 5.82 Å². The van der Waals surface area contributed by atoms with Gasteiger partial charge in [0.1, 0.15) is 34.4 Å². The molecule has 2 aromatic heterocycles. The summed E-state index contributed by atoms with van der Waals surface area (Å²) in [4.78, 5) is 33.1. The number of carbonyl (C=O) groups excluding carboxylic acids is 1. The Morgan fingerprint density at radius 1 is 1.06 bits per heavy atom. The number of rotatable bonds is 5. The second-order valence-electron chi connectivity index (χ2n) is 6.77. The number of nitrogens with zero attached hydrogens (tertiary/aromatic N) is 3. The molecular weight excluding hydrogens is 454 g/mol. The Labute approximate surface area is 190 Å². The van der Waals surface area contributed by atoms with Crippen molar-refractivity contribution in [2.75, 3.05) is 16.4 Å². The van der Waals surface area contributed by atoms with Crippen LogP contribution < -0.4 is 21.9 Å². The number of hydrogen-bond donors (Lipinski definition) is 3. The molecule has 0 saturated heterocycles. The summed E-state index contributed by atoms with van der Waals surface area (Å²) in [6, 6.07) is 11.9. The SMILES string of the molecule is Nc1ncnc(Nc2ccc(NC(=O)c3cccn(-c4ccc(F)cc4)c3=O)cc2F)c1Cl. The topological polar surface area (TPSA) is 115 Å². The predicted molar refractivity (Wildman–Crippen MR) is 121 cm³/mol. The third-order valence-electron chi connectivity index (χ3n) is 4.59. The number of halogens is 3. The maximum absolute atomic E-state index is 14.6. The molecule has 2 aromatic carbocycles. The fourth-order valence-electron chi connectivity index (χ4n) is 2.96. The lowest BCUT2D eigenvalue weighted by atomic mass is 10.2. The Balaban J connectivity index is 1.55. The van der Waals surface area contributed by atoms with Crippen molar-refractivity contribution in [1.82, 2.24) is 14.5 Å². The third-order valence-corrected chi connectivity index (χ3v) is 4.97. The van der Waals surface area contributed by atoms with Crippen LogP contribution in [0.1, 0.15) is 10.4 Å². The maximum Gasteiger partial charge on any atom is 0.267 e. The Morgan fingerprint density at radius 3 is 2.55 bits per heavy atom. The van der Waals surface area contributed by atoms with E-state index in [1.54, 1.807) is 0 Å². The van der Waals surface area contributed by atoms with Crippen molar-refractivity contribution in [1.29, 1.82) is 0 Å². The second-order valence-corrected chi connectivity index (χ2v) is 7.15. The quantitative estimate of drug-likeness (QED) is 0.405. The van der Waals surface area contributed by atoms with Crippen LogP contribution in [0.15, 0.2) is 71.9 Å². The van der Waals surface area contributed by atoms with Crippen LogP contribution in [0.25, 0.3) is 5.69 Å². The number of anilines is 4. The minimum atomic E-state index is -0.733. The number of benzene rings is 2. The molecule has 0 aliphatic heterocycles. The lowest BCUT2D eigenvalue weighted by Crippen LogP contribution is -2.27. The summed E-state index contributed by atoms with van der Waals surface area (Å²) >= 11 is 6.00. The van der Waals surface area contributed by atoms with Crippen LogP contribution in [0.3, 0.4) is 0 Å². The largest absolute Gasteiger partial charge is 0.382 e. The second kappa shape index (κ2) is 9.05. The van der Waals surface area contributed by atoms with Crippen LogP contribution >= 0.6 is 11.6 Å². The number of carbonyl (C=O) groups is 1. The summed E-state index contributed by atoms with van der Waals surface area (Å²) in [5.41, 5.74) is 5.36. The minimum absolute atomic E-state index is 0.0337. The van der Waals surface area contributed by atoms with Gasteiger partial charge in [-0.2, -0.15) is 0 Å². The molecule has 166 valence electrons. The highest BCUT2D eigenvalue weighted by Crippen LogP contribution is 2.28. The van der Waals surface area contributed by atoms with E-state index in [9.17, 15) is 18.4 Å². The van der Waals surface area contributed by atoms with E-state index < -0.39 is 23.1 Å². The zero-order valence-electron chi connectivity index (χ0n) is 16.7. The molecule has 4 aromatic rings. The van der Waals surface area contributed by atoms with Gasteiger partial charge < -0.3 is 16.4 Å². The molecule has 0 fully saturated rings. The van der Waals surface area contributed by atoms with Gasteiger partial charge in [-0.25, -0.2) is 18.7 Å². The van der Waals surface area contributed by atoms with Crippen molar-refractivity contribution in [3.05, 3.63) is 99.7 Å². The molecule has 4 rings (SSSR count). The normalized spacial score (nSPS) is 10.6. The Kier molecular flexibility index (Phi) is 6.01. The summed E-state index contributed by atoms with van der Waals surface area (Å²) < 4.78 is 29.0. The van der Waals surface area contributed by atoms with Crippen molar-refractivity contribution < 1.29 is 13.6 Å². The van der Waals surface area contributed by atoms with E-state index in [2.05, 4.69) is 20.6 Å². The van der Waals surface area contributed by atoms with Gasteiger partial charge in [0.25, 0.3) is 11.5 Å². The van der Waals surface area contributed by atoms with E-state index in [1.807, 2.05) is 0 Å². The fraction of sp³-hybridized carbons (Fsp3) is 0. The van der Waals surface area contributed by atoms with E-state index >= 15 is 0 Å². The van der Waals surface area contributed by atoms with Gasteiger partial charge in [0, 0.05) is 17.6 Å². The zero-order chi connectivity index (χ0) is 23.5. The van der Waals surface area contributed by atoms with Crippen molar-refractivity contribution in [3.8, 4) is 5.69 Å². The number of nitrogens with two attached hydrogens (primary N) is 1. The molecule has 1 amide bonds. The monoisotopic (exact) mass is 468 g/mol. The minimum Gasteiger partial charge on any atom is -0.382 e. The molecule has 4 N–H and O–H groups in total. The summed E-state index contributed by atoms with van der Waals surface area (Å²) in [6.45, 7) is 0. The first-order valence-electron chi connectivity index (χ1n) is 9.45. The van der Waals surface area contributed by atoms with E-state index in [-0.39, 0.29) is 33.6 Å². The highest BCUT2D eigenvalue weighted by molar-refractivity contribution is 6.35. The first kappa shape index (κ1) is 21.9. The van der Waals surface area contributed by atoms with Crippen molar-refractivity contribution in [3.63, 3.8) is 0 Å². The third kappa shape index (κ3) is 4.65. The molecule has 2 heterocycles. The lowest BCUT2D eigenvalue weighted by Gasteiger charge is -2.11. The average molecular weight is 469 g/mol. The van der Waals surface area contributed by atoms with Crippen LogP contribution in [-0.2, 0) is 0 Å². The van der Waals surface area contributed by atoms with Gasteiger partial charge in [-0.05, 0) is 54.6 Å². The Hall–Kier alpha value is -4.31. The van der Waals surface area contributed by atoms with Crippen LogP contribution in [-0.4, -0.2) is 20.4 Å². The van der Waals surface area contributed by atoms with Gasteiger partial charge in [-0.3, -0.25) is 14.2 Å². The standard InChI is InChI=1S/C22H15ClF2N6O2/c23-18-19(26)27-11-28-20(18)30-17-8-5-13(10-16(17)25)29-21(32)15-2-1-9-31(22(15)33)14-6-3-12(24)4-7-14/h1-11H,(H,29,32)(H3,26,27,28,30). The summed E-state index contributed by atoms with van der Waals surface area (Å²) in [5, 5.41) is 5.23. The van der Waals surface area contributed by atoms with Gasteiger partial charge in [0.05, 0.1) is 5.69 Å². The highest BCUT2D eigenvalue weighted by Gasteiger charge is 2.15. The van der Waals surface area contributed by atoms with Crippen LogP contribution in [0.5, 0.6) is 0 Å². The number of nitrogen functional groups attached to an aromatic ring is 1. The van der Waals surface area contributed by atoms with Gasteiger partial charge >= 0.3 is 0 Å². The van der Waals surface area contributed by atoms with E-state index in [1.165, 1.54) is 65.6 Å². The summed E-state index contributed by atoms with van der Waals surface area (Å²) in [5.74, 6) is -1.75. The Bertz CT molecular complexity index is 1410. The van der Waals surface area contributed by atoms with Crippen molar-refractivity contribution in [2.24, 2.45) is 0 Å². The van der Waals surface area contributed by atoms with Gasteiger partial charge in [0.2, 0.25) is 0 Å². The smallest absolute Gasteiger partial charge is 0.267 e. The first-order chi connectivity index (χ1) is 15.8. The van der Waals surface area contributed by atoms with Crippen LogP contribution in [0.4, 0.5) is 31.8 Å². The molecule has 0 bridgehead atoms. The average Bonchev–Trinajstić information content (AvgIpc) is 2.79. The van der Waals surface area contributed by atoms with Gasteiger partial charge in [-0.1, -0.05) is 11.6 Å². The number of nitrogens with one attached hydrogen (secondary N) is 2. The number of amides is 1. The Morgan fingerprint density at radius 2 is 1.82 bits per heavy atom. The number of pyridine rings is 1. The summed E-state index contributed by atoms with van der Waals surface area (Å²) in [6.07, 6.45) is 2.63. The van der Waals surface area contributed by atoms with E-state index in [4.69, 9.17) is 17.3 Å². The fourth-order valence-corrected chi connectivity index (χ4v) is 3.11. The van der Waals surface area contributed by atoms with Crippen molar-refractivity contribution >= 4 is 40.5 Å². The molecular formula is C22H15ClF2N6O2. The van der Waals surface area contributed by atoms with Crippen molar-refractivity contribution in [2.45, 2.75) is 0 Å². The highest BCUT2D eigenvalue weighted by atomic mass is 35.5. The molecule has 0 unspecified atom stereocenters. The first-order valence-corrected chi connectivity index (χ1v) is 9.83. The zero-order valence-corrected chi connectivity index (χ0v) is 17.5. The molecule has 33 heavy (non-hydrogen) atoms. The van der Waals surface area contributed by atoms with Crippen LogP contribution in [0.2, 0.25) is 5.02 Å². The molecule has 0 aliphatic rings. The molecule has 0 aliphatic carbocycles.